The van der Waals surface area contributed by atoms with E-state index in [0.717, 1.165) is 0 Å². The molecule has 0 amide bonds. The van der Waals surface area contributed by atoms with Gasteiger partial charge in [0.1, 0.15) is 0 Å². The SMILES string of the molecule is O=C1CCC(=O)O1.c1ccoc1. The third kappa shape index (κ3) is 3.01. The van der Waals surface area contributed by atoms with E-state index in [-0.39, 0.29) is 12.8 Å². The molecular weight excluding hydrogens is 160 g/mol. The van der Waals surface area contributed by atoms with Gasteiger partial charge in [0.15, 0.2) is 0 Å². The fourth-order valence-electron chi connectivity index (χ4n) is 0.660. The van der Waals surface area contributed by atoms with Gasteiger partial charge in [0, 0.05) is 0 Å². The molecule has 0 unspecified atom stereocenters. The topological polar surface area (TPSA) is 56.5 Å². The smallest absolute Gasteiger partial charge is 0.314 e. The largest absolute Gasteiger partial charge is 0.473 e. The molecule has 2 rings (SSSR count). The molecule has 2 heterocycles. The quantitative estimate of drug-likeness (QED) is 0.430. The maximum atomic E-state index is 10.0. The molecule has 1 aromatic rings. The van der Waals surface area contributed by atoms with Crippen molar-refractivity contribution in [2.75, 3.05) is 0 Å². The van der Waals surface area contributed by atoms with E-state index in [1.165, 1.54) is 0 Å². The van der Waals surface area contributed by atoms with E-state index in [2.05, 4.69) is 9.15 Å². The molecule has 0 atom stereocenters. The normalized spacial score (nSPS) is 15.0. The van der Waals surface area contributed by atoms with E-state index in [9.17, 15) is 9.59 Å². The van der Waals surface area contributed by atoms with Gasteiger partial charge < -0.3 is 9.15 Å². The summed E-state index contributed by atoms with van der Waals surface area (Å²) in [5.41, 5.74) is 0. The first kappa shape index (κ1) is 8.52. The van der Waals surface area contributed by atoms with E-state index in [1.54, 1.807) is 12.5 Å². The van der Waals surface area contributed by atoms with Crippen LogP contribution in [0.4, 0.5) is 0 Å². The van der Waals surface area contributed by atoms with Crippen molar-refractivity contribution < 1.29 is 18.7 Å². The average Bonchev–Trinajstić information content (AvgIpc) is 2.63. The number of hydrogen-bond donors (Lipinski definition) is 0. The maximum absolute atomic E-state index is 10.0. The van der Waals surface area contributed by atoms with Crippen molar-refractivity contribution in [1.29, 1.82) is 0 Å². The Labute approximate surface area is 69.1 Å². The Balaban J connectivity index is 0.000000127. The fraction of sp³-hybridized carbons (Fsp3) is 0.250. The number of furan rings is 1. The predicted molar refractivity (Wildman–Crippen MR) is 39.0 cm³/mol. The summed E-state index contributed by atoms with van der Waals surface area (Å²) in [7, 11) is 0. The van der Waals surface area contributed by atoms with Crippen LogP contribution < -0.4 is 0 Å². The molecule has 64 valence electrons. The zero-order valence-electron chi connectivity index (χ0n) is 6.36. The number of carbonyl (C=O) groups is 2. The minimum atomic E-state index is -0.398. The van der Waals surface area contributed by atoms with Crippen LogP contribution in [0.2, 0.25) is 0 Å². The first-order valence-corrected chi connectivity index (χ1v) is 3.50. The Morgan fingerprint density at radius 2 is 1.50 bits per heavy atom. The van der Waals surface area contributed by atoms with Crippen molar-refractivity contribution in [3.8, 4) is 0 Å². The van der Waals surface area contributed by atoms with Crippen LogP contribution in [0.15, 0.2) is 29.1 Å². The third-order valence-corrected chi connectivity index (χ3v) is 1.19. The Bertz CT molecular complexity index is 219. The van der Waals surface area contributed by atoms with Crippen molar-refractivity contribution >= 4 is 11.9 Å². The van der Waals surface area contributed by atoms with Crippen molar-refractivity contribution in [3.63, 3.8) is 0 Å². The van der Waals surface area contributed by atoms with Gasteiger partial charge in [0.05, 0.1) is 25.4 Å². The highest BCUT2D eigenvalue weighted by Gasteiger charge is 2.19. The van der Waals surface area contributed by atoms with Gasteiger partial charge in [-0.05, 0) is 12.1 Å². The number of esters is 2. The summed E-state index contributed by atoms with van der Waals surface area (Å²) in [6.45, 7) is 0. The molecule has 1 saturated heterocycles. The Kier molecular flexibility index (Phi) is 3.07. The average molecular weight is 168 g/mol. The molecule has 0 N–H and O–H groups in total. The zero-order chi connectivity index (χ0) is 8.81. The van der Waals surface area contributed by atoms with Crippen molar-refractivity contribution in [2.45, 2.75) is 12.8 Å². The summed E-state index contributed by atoms with van der Waals surface area (Å²) in [4.78, 5) is 20.0. The molecule has 1 fully saturated rings. The Hall–Kier alpha value is -1.58. The highest BCUT2D eigenvalue weighted by atomic mass is 16.6. The maximum Gasteiger partial charge on any atom is 0.314 e. The zero-order valence-corrected chi connectivity index (χ0v) is 6.36. The summed E-state index contributed by atoms with van der Waals surface area (Å²) < 4.78 is 8.67. The molecule has 4 heteroatoms. The number of carbonyl (C=O) groups excluding carboxylic acids is 2. The lowest BCUT2D eigenvalue weighted by atomic mass is 10.4. The highest BCUT2D eigenvalue weighted by Crippen LogP contribution is 2.03. The highest BCUT2D eigenvalue weighted by molar-refractivity contribution is 5.92. The van der Waals surface area contributed by atoms with Crippen molar-refractivity contribution in [2.24, 2.45) is 0 Å². The van der Waals surface area contributed by atoms with Crippen molar-refractivity contribution in [1.82, 2.24) is 0 Å². The van der Waals surface area contributed by atoms with Crippen LogP contribution >= 0.6 is 0 Å². The van der Waals surface area contributed by atoms with E-state index < -0.39 is 11.9 Å². The minimum absolute atomic E-state index is 0.263. The molecule has 1 aliphatic rings. The lowest BCUT2D eigenvalue weighted by molar-refractivity contribution is -0.151. The minimum Gasteiger partial charge on any atom is -0.473 e. The van der Waals surface area contributed by atoms with Crippen LogP contribution in [0.25, 0.3) is 0 Å². The van der Waals surface area contributed by atoms with E-state index in [1.807, 2.05) is 12.1 Å². The second kappa shape index (κ2) is 4.33. The van der Waals surface area contributed by atoms with Crippen LogP contribution in [0.1, 0.15) is 12.8 Å². The first-order chi connectivity index (χ1) is 5.79. The van der Waals surface area contributed by atoms with Crippen molar-refractivity contribution in [3.05, 3.63) is 24.7 Å². The monoisotopic (exact) mass is 168 g/mol. The van der Waals surface area contributed by atoms with Gasteiger partial charge in [0.2, 0.25) is 0 Å². The number of cyclic esters (lactones) is 2. The predicted octanol–water partition coefficient (Wildman–Crippen LogP) is 1.13. The van der Waals surface area contributed by atoms with Gasteiger partial charge >= 0.3 is 11.9 Å². The second-order valence-electron chi connectivity index (χ2n) is 2.14. The summed E-state index contributed by atoms with van der Waals surface area (Å²) in [6.07, 6.45) is 3.78. The summed E-state index contributed by atoms with van der Waals surface area (Å²) in [5.74, 6) is -0.796. The lowest BCUT2D eigenvalue weighted by Gasteiger charge is -1.79. The number of ether oxygens (including phenoxy) is 1. The Morgan fingerprint density at radius 3 is 1.67 bits per heavy atom. The second-order valence-corrected chi connectivity index (χ2v) is 2.14. The van der Waals surface area contributed by atoms with Crippen LogP contribution in [0, 0.1) is 0 Å². The molecule has 0 aliphatic carbocycles. The lowest BCUT2D eigenvalue weighted by Crippen LogP contribution is -1.94. The van der Waals surface area contributed by atoms with Crippen LogP contribution in [-0.2, 0) is 14.3 Å². The van der Waals surface area contributed by atoms with E-state index in [4.69, 9.17) is 0 Å². The van der Waals surface area contributed by atoms with Gasteiger partial charge in [-0.1, -0.05) is 0 Å². The number of hydrogen-bond acceptors (Lipinski definition) is 4. The standard InChI is InChI=1S/C4H4O3.C4H4O/c5-3-1-2-4(6)7-3;1-2-4-5-3-1/h1-2H2;1-4H. The van der Waals surface area contributed by atoms with Crippen LogP contribution in [-0.4, -0.2) is 11.9 Å². The van der Waals surface area contributed by atoms with Gasteiger partial charge in [-0.3, -0.25) is 9.59 Å². The molecule has 0 aromatic carbocycles. The summed E-state index contributed by atoms with van der Waals surface area (Å²) >= 11 is 0. The molecule has 0 spiro atoms. The van der Waals surface area contributed by atoms with Gasteiger partial charge in [-0.25, -0.2) is 0 Å². The van der Waals surface area contributed by atoms with E-state index >= 15 is 0 Å². The fourth-order valence-corrected chi connectivity index (χ4v) is 0.660. The van der Waals surface area contributed by atoms with Gasteiger partial charge in [-0.15, -0.1) is 0 Å². The molecule has 1 aliphatic heterocycles. The van der Waals surface area contributed by atoms with Gasteiger partial charge in [0.25, 0.3) is 0 Å². The number of rotatable bonds is 0. The first-order valence-electron chi connectivity index (χ1n) is 3.50. The molecular formula is C8H8O4. The van der Waals surface area contributed by atoms with E-state index in [0.29, 0.717) is 0 Å². The summed E-state index contributed by atoms with van der Waals surface area (Å²) in [5, 5.41) is 0. The molecule has 0 saturated carbocycles. The molecule has 4 nitrogen and oxygen atoms in total. The summed E-state index contributed by atoms with van der Waals surface area (Å²) in [6, 6.07) is 3.67. The molecule has 1 aromatic heterocycles. The molecule has 0 bridgehead atoms. The van der Waals surface area contributed by atoms with Crippen LogP contribution in [0.3, 0.4) is 0 Å². The van der Waals surface area contributed by atoms with Crippen LogP contribution in [0.5, 0.6) is 0 Å². The Morgan fingerprint density at radius 1 is 1.00 bits per heavy atom. The third-order valence-electron chi connectivity index (χ3n) is 1.19. The molecule has 12 heavy (non-hydrogen) atoms. The van der Waals surface area contributed by atoms with Gasteiger partial charge in [-0.2, -0.15) is 0 Å². The molecule has 0 radical (unpaired) electrons.